The van der Waals surface area contributed by atoms with Crippen molar-refractivity contribution >= 4 is 0 Å². The molecule has 90 valence electrons. The summed E-state index contributed by atoms with van der Waals surface area (Å²) < 4.78 is 15.4. The molecule has 0 radical (unpaired) electrons. The highest BCUT2D eigenvalue weighted by molar-refractivity contribution is 5.20. The van der Waals surface area contributed by atoms with E-state index in [0.717, 1.165) is 5.69 Å². The summed E-state index contributed by atoms with van der Waals surface area (Å²) in [5.74, 6) is -0.207. The van der Waals surface area contributed by atoms with Gasteiger partial charge in [0.15, 0.2) is 0 Å². The van der Waals surface area contributed by atoms with Crippen LogP contribution in [0, 0.1) is 5.82 Å². The smallest absolute Gasteiger partial charge is 0.128 e. The molecule has 2 N–H and O–H groups in total. The third-order valence-corrected chi connectivity index (χ3v) is 2.67. The molecule has 1 aromatic carbocycles. The largest absolute Gasteiger partial charge is 0.328 e. The number of hydrogen-bond acceptors (Lipinski definition) is 2. The lowest BCUT2D eigenvalue weighted by molar-refractivity contribution is 0.498. The molecule has 0 amide bonds. The standard InChI is InChI=1S/C13H16FN3/c1-13(2,15)12-7-16-9-17(12)8-10-5-3-4-6-11(10)14/h3-7,9H,8,15H2,1-2H3. The van der Waals surface area contributed by atoms with Crippen LogP contribution < -0.4 is 5.73 Å². The Morgan fingerprint density at radius 3 is 2.71 bits per heavy atom. The minimum atomic E-state index is -0.484. The number of benzene rings is 1. The second kappa shape index (κ2) is 4.30. The Hall–Kier alpha value is -1.68. The Balaban J connectivity index is 2.32. The van der Waals surface area contributed by atoms with E-state index in [-0.39, 0.29) is 5.82 Å². The average molecular weight is 233 g/mol. The fraction of sp³-hybridized carbons (Fsp3) is 0.308. The van der Waals surface area contributed by atoms with Gasteiger partial charge in [0, 0.05) is 11.8 Å². The molecule has 0 atom stereocenters. The van der Waals surface area contributed by atoms with E-state index < -0.39 is 5.54 Å². The van der Waals surface area contributed by atoms with Gasteiger partial charge in [-0.05, 0) is 19.9 Å². The van der Waals surface area contributed by atoms with Crippen molar-refractivity contribution in [1.82, 2.24) is 9.55 Å². The zero-order chi connectivity index (χ0) is 12.5. The molecule has 4 heteroatoms. The van der Waals surface area contributed by atoms with Crippen molar-refractivity contribution in [2.45, 2.75) is 25.9 Å². The molecule has 0 aliphatic carbocycles. The molecule has 0 bridgehead atoms. The van der Waals surface area contributed by atoms with Crippen molar-refractivity contribution in [3.05, 3.63) is 53.9 Å². The maximum atomic E-state index is 13.5. The minimum absolute atomic E-state index is 0.207. The van der Waals surface area contributed by atoms with Gasteiger partial charge in [-0.15, -0.1) is 0 Å². The molecular formula is C13H16FN3. The van der Waals surface area contributed by atoms with Crippen molar-refractivity contribution in [2.24, 2.45) is 5.73 Å². The number of nitrogens with zero attached hydrogens (tertiary/aromatic N) is 2. The maximum absolute atomic E-state index is 13.5. The molecule has 0 saturated heterocycles. The number of imidazole rings is 1. The lowest BCUT2D eigenvalue weighted by Gasteiger charge is -2.20. The van der Waals surface area contributed by atoms with Gasteiger partial charge in [-0.2, -0.15) is 0 Å². The summed E-state index contributed by atoms with van der Waals surface area (Å²) in [6.07, 6.45) is 3.40. The summed E-state index contributed by atoms with van der Waals surface area (Å²) in [6, 6.07) is 6.73. The summed E-state index contributed by atoms with van der Waals surface area (Å²) in [6.45, 7) is 4.26. The van der Waals surface area contributed by atoms with Gasteiger partial charge in [0.05, 0.1) is 24.1 Å². The lowest BCUT2D eigenvalue weighted by Crippen LogP contribution is -2.31. The van der Waals surface area contributed by atoms with Crippen LogP contribution in [0.1, 0.15) is 25.1 Å². The van der Waals surface area contributed by atoms with Crippen LogP contribution in [0.5, 0.6) is 0 Å². The Kier molecular flexibility index (Phi) is 2.98. The van der Waals surface area contributed by atoms with Crippen LogP contribution in [-0.4, -0.2) is 9.55 Å². The van der Waals surface area contributed by atoms with Crippen LogP contribution in [-0.2, 0) is 12.1 Å². The van der Waals surface area contributed by atoms with Gasteiger partial charge in [-0.3, -0.25) is 0 Å². The van der Waals surface area contributed by atoms with E-state index in [4.69, 9.17) is 5.73 Å². The van der Waals surface area contributed by atoms with Gasteiger partial charge in [-0.1, -0.05) is 18.2 Å². The van der Waals surface area contributed by atoms with E-state index in [1.54, 1.807) is 24.7 Å². The highest BCUT2D eigenvalue weighted by atomic mass is 19.1. The van der Waals surface area contributed by atoms with E-state index in [9.17, 15) is 4.39 Å². The number of halogens is 1. The monoisotopic (exact) mass is 233 g/mol. The van der Waals surface area contributed by atoms with Crippen molar-refractivity contribution in [3.8, 4) is 0 Å². The molecule has 2 rings (SSSR count). The third-order valence-electron chi connectivity index (χ3n) is 2.67. The van der Waals surface area contributed by atoms with Gasteiger partial charge in [0.25, 0.3) is 0 Å². The number of rotatable bonds is 3. The first-order valence-electron chi connectivity index (χ1n) is 5.51. The average Bonchev–Trinajstić information content (AvgIpc) is 2.69. The molecule has 0 fully saturated rings. The Bertz CT molecular complexity index is 511. The lowest BCUT2D eigenvalue weighted by atomic mass is 10.0. The van der Waals surface area contributed by atoms with Crippen molar-refractivity contribution < 1.29 is 4.39 Å². The summed E-state index contributed by atoms with van der Waals surface area (Å²) in [5.41, 5.74) is 7.08. The fourth-order valence-electron chi connectivity index (χ4n) is 1.79. The van der Waals surface area contributed by atoms with Crippen LogP contribution in [0.25, 0.3) is 0 Å². The van der Waals surface area contributed by atoms with Gasteiger partial charge in [0.1, 0.15) is 5.82 Å². The molecule has 3 nitrogen and oxygen atoms in total. The SMILES string of the molecule is CC(C)(N)c1cncn1Cc1ccccc1F. The molecule has 0 aliphatic rings. The summed E-state index contributed by atoms with van der Waals surface area (Å²) in [7, 11) is 0. The van der Waals surface area contributed by atoms with Gasteiger partial charge >= 0.3 is 0 Å². The second-order valence-electron chi connectivity index (χ2n) is 4.72. The van der Waals surface area contributed by atoms with Crippen LogP contribution in [0.2, 0.25) is 0 Å². The van der Waals surface area contributed by atoms with Crippen molar-refractivity contribution in [1.29, 1.82) is 0 Å². The molecule has 0 aliphatic heterocycles. The Morgan fingerprint density at radius 1 is 1.35 bits per heavy atom. The van der Waals surface area contributed by atoms with Gasteiger partial charge < -0.3 is 10.3 Å². The zero-order valence-electron chi connectivity index (χ0n) is 10.0. The first-order chi connectivity index (χ1) is 7.98. The van der Waals surface area contributed by atoms with Crippen molar-refractivity contribution in [3.63, 3.8) is 0 Å². The zero-order valence-corrected chi connectivity index (χ0v) is 10.0. The fourth-order valence-corrected chi connectivity index (χ4v) is 1.79. The second-order valence-corrected chi connectivity index (χ2v) is 4.72. The van der Waals surface area contributed by atoms with Crippen LogP contribution >= 0.6 is 0 Å². The van der Waals surface area contributed by atoms with Crippen LogP contribution in [0.15, 0.2) is 36.8 Å². The molecule has 0 spiro atoms. The molecular weight excluding hydrogens is 217 g/mol. The van der Waals surface area contributed by atoms with Gasteiger partial charge in [-0.25, -0.2) is 9.37 Å². The third kappa shape index (κ3) is 2.53. The molecule has 1 aromatic heterocycles. The molecule has 0 unspecified atom stereocenters. The summed E-state index contributed by atoms with van der Waals surface area (Å²) >= 11 is 0. The number of hydrogen-bond donors (Lipinski definition) is 1. The summed E-state index contributed by atoms with van der Waals surface area (Å²) in [4.78, 5) is 4.07. The molecule has 1 heterocycles. The van der Waals surface area contributed by atoms with E-state index in [1.807, 2.05) is 24.5 Å². The molecule has 2 aromatic rings. The van der Waals surface area contributed by atoms with Crippen LogP contribution in [0.4, 0.5) is 4.39 Å². The first kappa shape index (κ1) is 11.8. The quantitative estimate of drug-likeness (QED) is 0.883. The van der Waals surface area contributed by atoms with E-state index in [1.165, 1.54) is 6.07 Å². The predicted octanol–water partition coefficient (Wildman–Crippen LogP) is 2.26. The van der Waals surface area contributed by atoms with Gasteiger partial charge in [0.2, 0.25) is 0 Å². The predicted molar refractivity (Wildman–Crippen MR) is 64.9 cm³/mol. The molecule has 0 saturated carbocycles. The maximum Gasteiger partial charge on any atom is 0.128 e. The highest BCUT2D eigenvalue weighted by Crippen LogP contribution is 2.18. The minimum Gasteiger partial charge on any atom is -0.328 e. The number of nitrogens with two attached hydrogens (primary N) is 1. The first-order valence-corrected chi connectivity index (χ1v) is 5.51. The normalized spacial score (nSPS) is 11.8. The van der Waals surface area contributed by atoms with E-state index in [2.05, 4.69) is 4.98 Å². The summed E-state index contributed by atoms with van der Waals surface area (Å²) in [5, 5.41) is 0. The van der Waals surface area contributed by atoms with E-state index in [0.29, 0.717) is 12.1 Å². The van der Waals surface area contributed by atoms with Crippen molar-refractivity contribution in [2.75, 3.05) is 0 Å². The number of aromatic nitrogens is 2. The highest BCUT2D eigenvalue weighted by Gasteiger charge is 2.19. The Morgan fingerprint density at radius 2 is 2.06 bits per heavy atom. The Labute approximate surface area is 100 Å². The topological polar surface area (TPSA) is 43.8 Å². The molecule has 17 heavy (non-hydrogen) atoms. The van der Waals surface area contributed by atoms with Crippen LogP contribution in [0.3, 0.4) is 0 Å². The van der Waals surface area contributed by atoms with E-state index >= 15 is 0 Å².